The van der Waals surface area contributed by atoms with Gasteiger partial charge in [-0.3, -0.25) is 9.59 Å². The Bertz CT molecular complexity index is 445. The van der Waals surface area contributed by atoms with Crippen LogP contribution in [0.4, 0.5) is 0 Å². The van der Waals surface area contributed by atoms with Crippen LogP contribution in [0, 0.1) is 0 Å². The third-order valence-corrected chi connectivity index (χ3v) is 2.28. The van der Waals surface area contributed by atoms with Gasteiger partial charge in [0.05, 0.1) is 13.3 Å². The molecule has 0 spiro atoms. The number of aliphatic carboxylic acids is 1. The molecule has 0 unspecified atom stereocenters. The first-order chi connectivity index (χ1) is 9.02. The van der Waals surface area contributed by atoms with E-state index >= 15 is 0 Å². The van der Waals surface area contributed by atoms with E-state index in [4.69, 9.17) is 5.11 Å². The summed E-state index contributed by atoms with van der Waals surface area (Å²) in [6.07, 6.45) is 2.76. The number of aromatic nitrogens is 3. The van der Waals surface area contributed by atoms with Gasteiger partial charge in [0.1, 0.15) is 12.6 Å². The molecule has 0 fully saturated rings. The van der Waals surface area contributed by atoms with Crippen molar-refractivity contribution in [1.82, 2.24) is 20.3 Å². The Balaban J connectivity index is 2.46. The van der Waals surface area contributed by atoms with E-state index in [1.165, 1.54) is 24.2 Å². The highest BCUT2D eigenvalue weighted by Crippen LogP contribution is 2.00. The first-order valence-corrected chi connectivity index (χ1v) is 5.46. The zero-order valence-corrected chi connectivity index (χ0v) is 10.3. The molecule has 1 rings (SSSR count). The van der Waals surface area contributed by atoms with Crippen molar-refractivity contribution in [2.45, 2.75) is 25.4 Å². The maximum Gasteiger partial charge on any atom is 0.326 e. The molecule has 0 aliphatic carbocycles. The van der Waals surface area contributed by atoms with Crippen LogP contribution in [0.15, 0.2) is 12.4 Å². The summed E-state index contributed by atoms with van der Waals surface area (Å²) in [5.41, 5.74) is 0. The Morgan fingerprint density at radius 3 is 2.74 bits per heavy atom. The molecular weight excluding hydrogens is 256 g/mol. The molecule has 0 saturated heterocycles. The standard InChI is InChI=1S/C10H14N4O5/c1-19-9(16)3-2-7(10(17)18)12-8(15)6-14-5-4-11-13-14/h4-5,7H,2-3,6H2,1H3,(H,12,15)(H,17,18)/t7-/m0/s1. The summed E-state index contributed by atoms with van der Waals surface area (Å²) in [6.45, 7) is -0.137. The largest absolute Gasteiger partial charge is 0.480 e. The summed E-state index contributed by atoms with van der Waals surface area (Å²) < 4.78 is 5.66. The van der Waals surface area contributed by atoms with Gasteiger partial charge in [0.15, 0.2) is 0 Å². The van der Waals surface area contributed by atoms with Crippen molar-refractivity contribution >= 4 is 17.8 Å². The second-order valence-electron chi connectivity index (χ2n) is 3.67. The van der Waals surface area contributed by atoms with Crippen LogP contribution in [0.3, 0.4) is 0 Å². The normalized spacial score (nSPS) is 11.6. The topological polar surface area (TPSA) is 123 Å². The lowest BCUT2D eigenvalue weighted by Gasteiger charge is -2.13. The van der Waals surface area contributed by atoms with Gasteiger partial charge < -0.3 is 15.2 Å². The molecule has 0 aliphatic heterocycles. The van der Waals surface area contributed by atoms with Crippen molar-refractivity contribution in [3.63, 3.8) is 0 Å². The van der Waals surface area contributed by atoms with Gasteiger partial charge in [0, 0.05) is 12.6 Å². The maximum atomic E-state index is 11.6. The maximum absolute atomic E-state index is 11.6. The van der Waals surface area contributed by atoms with E-state index in [1.807, 2.05) is 0 Å². The number of nitrogens with one attached hydrogen (secondary N) is 1. The highest BCUT2D eigenvalue weighted by atomic mass is 16.5. The number of carboxylic acid groups (broad SMARTS) is 1. The van der Waals surface area contributed by atoms with E-state index in [2.05, 4.69) is 20.4 Å². The molecule has 0 aromatic carbocycles. The number of hydrogen-bond donors (Lipinski definition) is 2. The smallest absolute Gasteiger partial charge is 0.326 e. The predicted octanol–water partition coefficient (Wildman–Crippen LogP) is -1.20. The molecule has 0 saturated carbocycles. The Kier molecular flexibility index (Phi) is 5.45. The minimum Gasteiger partial charge on any atom is -0.480 e. The quantitative estimate of drug-likeness (QED) is 0.596. The minimum atomic E-state index is -1.21. The van der Waals surface area contributed by atoms with Gasteiger partial charge in [-0.15, -0.1) is 5.10 Å². The summed E-state index contributed by atoms with van der Waals surface area (Å²) in [6, 6.07) is -1.14. The molecule has 104 valence electrons. The molecule has 9 heteroatoms. The second kappa shape index (κ2) is 7.09. The van der Waals surface area contributed by atoms with Crippen LogP contribution < -0.4 is 5.32 Å². The zero-order chi connectivity index (χ0) is 14.3. The first kappa shape index (κ1) is 14.6. The molecule has 2 N–H and O–H groups in total. The van der Waals surface area contributed by atoms with Crippen molar-refractivity contribution in [3.05, 3.63) is 12.4 Å². The number of carbonyl (C=O) groups excluding carboxylic acids is 2. The van der Waals surface area contributed by atoms with Gasteiger partial charge >= 0.3 is 11.9 Å². The fourth-order valence-corrected chi connectivity index (χ4v) is 1.33. The van der Waals surface area contributed by atoms with E-state index in [0.29, 0.717) is 0 Å². The van der Waals surface area contributed by atoms with Crippen LogP contribution in [-0.2, 0) is 25.7 Å². The number of carbonyl (C=O) groups is 3. The first-order valence-electron chi connectivity index (χ1n) is 5.46. The highest BCUT2D eigenvalue weighted by Gasteiger charge is 2.21. The lowest BCUT2D eigenvalue weighted by atomic mass is 10.1. The molecule has 19 heavy (non-hydrogen) atoms. The molecule has 1 aromatic heterocycles. The van der Waals surface area contributed by atoms with Crippen LogP contribution in [0.1, 0.15) is 12.8 Å². The lowest BCUT2D eigenvalue weighted by molar-refractivity contribution is -0.144. The number of methoxy groups -OCH3 is 1. The Morgan fingerprint density at radius 2 is 2.21 bits per heavy atom. The van der Waals surface area contributed by atoms with E-state index < -0.39 is 23.9 Å². The van der Waals surface area contributed by atoms with Crippen LogP contribution in [-0.4, -0.2) is 51.1 Å². The number of esters is 1. The van der Waals surface area contributed by atoms with E-state index in [0.717, 1.165) is 0 Å². The molecule has 0 bridgehead atoms. The van der Waals surface area contributed by atoms with Crippen molar-refractivity contribution in [3.8, 4) is 0 Å². The van der Waals surface area contributed by atoms with Crippen molar-refractivity contribution in [1.29, 1.82) is 0 Å². The third-order valence-electron chi connectivity index (χ3n) is 2.28. The van der Waals surface area contributed by atoms with E-state index in [1.54, 1.807) is 0 Å². The summed E-state index contributed by atoms with van der Waals surface area (Å²) in [4.78, 5) is 33.4. The summed E-state index contributed by atoms with van der Waals surface area (Å²) >= 11 is 0. The molecule has 0 aliphatic rings. The number of amides is 1. The van der Waals surface area contributed by atoms with Crippen LogP contribution >= 0.6 is 0 Å². The molecule has 9 nitrogen and oxygen atoms in total. The predicted molar refractivity (Wildman–Crippen MR) is 60.8 cm³/mol. The van der Waals surface area contributed by atoms with Crippen LogP contribution in [0.2, 0.25) is 0 Å². The number of hydrogen-bond acceptors (Lipinski definition) is 6. The monoisotopic (exact) mass is 270 g/mol. The highest BCUT2D eigenvalue weighted by molar-refractivity contribution is 5.83. The van der Waals surface area contributed by atoms with Crippen molar-refractivity contribution in [2.75, 3.05) is 7.11 Å². The van der Waals surface area contributed by atoms with Crippen molar-refractivity contribution in [2.24, 2.45) is 0 Å². The van der Waals surface area contributed by atoms with Gasteiger partial charge in [-0.2, -0.15) is 0 Å². The number of carboxylic acids is 1. The average molecular weight is 270 g/mol. The fourth-order valence-electron chi connectivity index (χ4n) is 1.33. The molecule has 1 aromatic rings. The Morgan fingerprint density at radius 1 is 1.47 bits per heavy atom. The van der Waals surface area contributed by atoms with Gasteiger partial charge in [-0.05, 0) is 6.42 Å². The number of nitrogens with zero attached hydrogens (tertiary/aromatic N) is 3. The van der Waals surface area contributed by atoms with E-state index in [-0.39, 0.29) is 19.4 Å². The molecule has 1 heterocycles. The lowest BCUT2D eigenvalue weighted by Crippen LogP contribution is -2.42. The van der Waals surface area contributed by atoms with Crippen molar-refractivity contribution < 1.29 is 24.2 Å². The van der Waals surface area contributed by atoms with Gasteiger partial charge in [0.2, 0.25) is 5.91 Å². The van der Waals surface area contributed by atoms with Crippen LogP contribution in [0.5, 0.6) is 0 Å². The summed E-state index contributed by atoms with van der Waals surface area (Å²) in [5, 5.41) is 18.3. The second-order valence-corrected chi connectivity index (χ2v) is 3.67. The summed E-state index contributed by atoms with van der Waals surface area (Å²) in [7, 11) is 1.21. The molecule has 1 amide bonds. The van der Waals surface area contributed by atoms with E-state index in [9.17, 15) is 14.4 Å². The minimum absolute atomic E-state index is 0.0366. The molecular formula is C10H14N4O5. The Hall–Kier alpha value is -2.45. The average Bonchev–Trinajstić information content (AvgIpc) is 2.86. The van der Waals surface area contributed by atoms with Crippen LogP contribution in [0.25, 0.3) is 0 Å². The third kappa shape index (κ3) is 5.15. The molecule has 1 atom stereocenters. The zero-order valence-electron chi connectivity index (χ0n) is 10.3. The number of rotatable bonds is 7. The SMILES string of the molecule is COC(=O)CC[C@H](NC(=O)Cn1ccnn1)C(=O)O. The fraction of sp³-hybridized carbons (Fsp3) is 0.500. The molecule has 0 radical (unpaired) electrons. The summed E-state index contributed by atoms with van der Waals surface area (Å²) in [5.74, 6) is -2.27. The van der Waals surface area contributed by atoms with Gasteiger partial charge in [-0.1, -0.05) is 5.21 Å². The number of ether oxygens (including phenoxy) is 1. The van der Waals surface area contributed by atoms with Gasteiger partial charge in [0.25, 0.3) is 0 Å². The van der Waals surface area contributed by atoms with Gasteiger partial charge in [-0.25, -0.2) is 9.48 Å². The Labute approximate surface area is 108 Å².